The highest BCUT2D eigenvalue weighted by atomic mass is 16.5. The van der Waals surface area contributed by atoms with Gasteiger partial charge in [-0.2, -0.15) is 5.10 Å². The predicted molar refractivity (Wildman–Crippen MR) is 85.4 cm³/mol. The highest BCUT2D eigenvalue weighted by molar-refractivity contribution is 5.81. The Morgan fingerprint density at radius 1 is 1.32 bits per heavy atom. The Labute approximate surface area is 129 Å². The minimum atomic E-state index is -0.334. The van der Waals surface area contributed by atoms with Gasteiger partial charge in [0.25, 0.3) is 5.91 Å². The van der Waals surface area contributed by atoms with Gasteiger partial charge in [0.1, 0.15) is 11.5 Å². The molecule has 116 valence electrons. The molecule has 2 aromatic rings. The Morgan fingerprint density at radius 2 is 2.09 bits per heavy atom. The fraction of sp³-hybridized carbons (Fsp3) is 0.250. The van der Waals surface area contributed by atoms with E-state index in [4.69, 9.17) is 9.15 Å². The highest BCUT2D eigenvalue weighted by Crippen LogP contribution is 2.16. The average molecular weight is 301 g/mol. The van der Waals surface area contributed by atoms with Crippen LogP contribution in [0.3, 0.4) is 0 Å². The van der Waals surface area contributed by atoms with E-state index in [0.717, 1.165) is 11.4 Å². The van der Waals surface area contributed by atoms with Gasteiger partial charge in [-0.25, -0.2) is 5.43 Å². The number of para-hydroxylation sites is 1. The summed E-state index contributed by atoms with van der Waals surface area (Å²) in [7, 11) is 3.76. The zero-order valence-corrected chi connectivity index (χ0v) is 12.9. The standard InChI is InChI=1S/C16H19N3O3/c1-12-6-4-5-7-14(12)21-11-15(20)18-17-10-13-8-9-16(22-13)19(2)3/h4-10H,11H2,1-3H3,(H,18,20)/b17-10-. The van der Waals surface area contributed by atoms with E-state index in [1.54, 1.807) is 6.07 Å². The number of carbonyl (C=O) groups is 1. The Kier molecular flexibility index (Phi) is 5.19. The van der Waals surface area contributed by atoms with Gasteiger partial charge in [0.05, 0.1) is 6.21 Å². The number of nitrogens with one attached hydrogen (secondary N) is 1. The monoisotopic (exact) mass is 301 g/mol. The van der Waals surface area contributed by atoms with Crippen LogP contribution in [0.1, 0.15) is 11.3 Å². The van der Waals surface area contributed by atoms with Crippen LogP contribution in [-0.4, -0.2) is 32.8 Å². The van der Waals surface area contributed by atoms with Gasteiger partial charge < -0.3 is 14.1 Å². The van der Waals surface area contributed by atoms with Crippen LogP contribution in [0.25, 0.3) is 0 Å². The summed E-state index contributed by atoms with van der Waals surface area (Å²) in [5.41, 5.74) is 3.37. The molecule has 1 amide bonds. The van der Waals surface area contributed by atoms with Gasteiger partial charge >= 0.3 is 0 Å². The first-order valence-corrected chi connectivity index (χ1v) is 6.84. The summed E-state index contributed by atoms with van der Waals surface area (Å²) >= 11 is 0. The Morgan fingerprint density at radius 3 is 2.77 bits per heavy atom. The molecule has 2 rings (SSSR count). The third kappa shape index (κ3) is 4.37. The van der Waals surface area contributed by atoms with E-state index in [2.05, 4.69) is 10.5 Å². The number of ether oxygens (including phenoxy) is 1. The number of amides is 1. The molecule has 1 aromatic carbocycles. The molecule has 6 heteroatoms. The number of nitrogens with zero attached hydrogens (tertiary/aromatic N) is 2. The molecule has 0 saturated heterocycles. The molecule has 0 spiro atoms. The molecule has 0 fully saturated rings. The lowest BCUT2D eigenvalue weighted by molar-refractivity contribution is -0.123. The third-order valence-electron chi connectivity index (χ3n) is 2.89. The lowest BCUT2D eigenvalue weighted by atomic mass is 10.2. The van der Waals surface area contributed by atoms with E-state index >= 15 is 0 Å². The second-order valence-electron chi connectivity index (χ2n) is 4.92. The molecular weight excluding hydrogens is 282 g/mol. The summed E-state index contributed by atoms with van der Waals surface area (Å²) in [6.07, 6.45) is 1.44. The van der Waals surface area contributed by atoms with Gasteiger partial charge in [-0.15, -0.1) is 0 Å². The van der Waals surface area contributed by atoms with E-state index in [1.165, 1.54) is 6.21 Å². The van der Waals surface area contributed by atoms with Crippen molar-refractivity contribution in [3.63, 3.8) is 0 Å². The van der Waals surface area contributed by atoms with E-state index in [0.29, 0.717) is 11.5 Å². The van der Waals surface area contributed by atoms with Crippen LogP contribution in [0.5, 0.6) is 5.75 Å². The van der Waals surface area contributed by atoms with E-state index in [9.17, 15) is 4.79 Å². The Balaban J connectivity index is 1.80. The van der Waals surface area contributed by atoms with Gasteiger partial charge in [0.15, 0.2) is 12.5 Å². The first-order valence-electron chi connectivity index (χ1n) is 6.84. The summed E-state index contributed by atoms with van der Waals surface area (Å²) in [6.45, 7) is 1.83. The van der Waals surface area contributed by atoms with Crippen LogP contribution in [0.15, 0.2) is 45.9 Å². The van der Waals surface area contributed by atoms with Crippen molar-refractivity contribution in [2.75, 3.05) is 25.6 Å². The molecule has 0 aliphatic carbocycles. The van der Waals surface area contributed by atoms with E-state index < -0.39 is 0 Å². The molecule has 0 unspecified atom stereocenters. The number of hydrogen-bond acceptors (Lipinski definition) is 5. The van der Waals surface area contributed by atoms with Gasteiger partial charge in [-0.3, -0.25) is 4.79 Å². The minimum absolute atomic E-state index is 0.0940. The van der Waals surface area contributed by atoms with Crippen molar-refractivity contribution in [2.24, 2.45) is 5.10 Å². The number of rotatable bonds is 6. The normalized spacial score (nSPS) is 10.7. The molecule has 0 bridgehead atoms. The van der Waals surface area contributed by atoms with Crippen molar-refractivity contribution < 1.29 is 13.9 Å². The third-order valence-corrected chi connectivity index (χ3v) is 2.89. The molecule has 22 heavy (non-hydrogen) atoms. The molecule has 1 heterocycles. The number of hydrogen-bond donors (Lipinski definition) is 1. The minimum Gasteiger partial charge on any atom is -0.483 e. The number of carbonyl (C=O) groups excluding carboxylic acids is 1. The molecule has 0 atom stereocenters. The number of furan rings is 1. The number of benzene rings is 1. The second kappa shape index (κ2) is 7.31. The number of hydrazone groups is 1. The fourth-order valence-corrected chi connectivity index (χ4v) is 1.71. The maximum absolute atomic E-state index is 11.6. The van der Waals surface area contributed by atoms with Crippen LogP contribution in [0, 0.1) is 6.92 Å². The van der Waals surface area contributed by atoms with Crippen molar-refractivity contribution in [2.45, 2.75) is 6.92 Å². The zero-order valence-electron chi connectivity index (χ0n) is 12.9. The fourth-order valence-electron chi connectivity index (χ4n) is 1.71. The summed E-state index contributed by atoms with van der Waals surface area (Å²) in [6, 6.07) is 11.1. The summed E-state index contributed by atoms with van der Waals surface area (Å²) in [5, 5.41) is 3.83. The van der Waals surface area contributed by atoms with Crippen LogP contribution >= 0.6 is 0 Å². The van der Waals surface area contributed by atoms with Crippen molar-refractivity contribution >= 4 is 18.0 Å². The van der Waals surface area contributed by atoms with Crippen LogP contribution < -0.4 is 15.1 Å². The lowest BCUT2D eigenvalue weighted by Gasteiger charge is -2.07. The van der Waals surface area contributed by atoms with E-state index in [-0.39, 0.29) is 12.5 Å². The SMILES string of the molecule is Cc1ccccc1OCC(=O)N/N=C\c1ccc(N(C)C)o1. The summed E-state index contributed by atoms with van der Waals surface area (Å²) in [4.78, 5) is 13.5. The van der Waals surface area contributed by atoms with Gasteiger partial charge in [0.2, 0.25) is 0 Å². The lowest BCUT2D eigenvalue weighted by Crippen LogP contribution is -2.24. The van der Waals surface area contributed by atoms with Gasteiger partial charge in [-0.1, -0.05) is 18.2 Å². The molecule has 0 saturated carbocycles. The van der Waals surface area contributed by atoms with Gasteiger partial charge in [0, 0.05) is 20.2 Å². The molecule has 1 N–H and O–H groups in total. The van der Waals surface area contributed by atoms with Crippen LogP contribution in [0.2, 0.25) is 0 Å². The van der Waals surface area contributed by atoms with Gasteiger partial charge in [-0.05, 0) is 24.6 Å². The van der Waals surface area contributed by atoms with Crippen LogP contribution in [0.4, 0.5) is 5.88 Å². The van der Waals surface area contributed by atoms with Crippen molar-refractivity contribution in [1.82, 2.24) is 5.43 Å². The Bertz CT molecular complexity index is 662. The molecule has 0 aliphatic rings. The largest absolute Gasteiger partial charge is 0.483 e. The Hall–Kier alpha value is -2.76. The molecule has 0 aliphatic heterocycles. The quantitative estimate of drug-likeness (QED) is 0.656. The first-order chi connectivity index (χ1) is 10.6. The second-order valence-corrected chi connectivity index (χ2v) is 4.92. The zero-order chi connectivity index (χ0) is 15.9. The maximum atomic E-state index is 11.6. The smallest absolute Gasteiger partial charge is 0.277 e. The van der Waals surface area contributed by atoms with Crippen molar-refractivity contribution in [3.05, 3.63) is 47.7 Å². The van der Waals surface area contributed by atoms with Crippen molar-refractivity contribution in [3.8, 4) is 5.75 Å². The predicted octanol–water partition coefficient (Wildman–Crippen LogP) is 2.18. The first kappa shape index (κ1) is 15.6. The molecule has 0 radical (unpaired) electrons. The van der Waals surface area contributed by atoms with Crippen LogP contribution in [-0.2, 0) is 4.79 Å². The average Bonchev–Trinajstić information content (AvgIpc) is 2.95. The highest BCUT2D eigenvalue weighted by Gasteiger charge is 2.04. The molecule has 6 nitrogen and oxygen atoms in total. The topological polar surface area (TPSA) is 67.1 Å². The number of anilines is 1. The summed E-state index contributed by atoms with van der Waals surface area (Å²) in [5.74, 6) is 1.63. The van der Waals surface area contributed by atoms with Crippen molar-refractivity contribution in [1.29, 1.82) is 0 Å². The van der Waals surface area contributed by atoms with E-state index in [1.807, 2.05) is 56.3 Å². The molecule has 1 aromatic heterocycles. The molecular formula is C16H19N3O3. The maximum Gasteiger partial charge on any atom is 0.277 e. The summed E-state index contributed by atoms with van der Waals surface area (Å²) < 4.78 is 10.9. The number of aryl methyl sites for hydroxylation is 1.